The first kappa shape index (κ1) is 66.6. The SMILES string of the molecule is CCCCCCCCCCCCCCCCCC/C=C/C(O)C(CO)NC(=O)CCCCCCCCCCCCCCCCCOC(=O)CCCCCCCCCCCCCCCCCCCC. The van der Waals surface area contributed by atoms with Gasteiger partial charge in [0.2, 0.25) is 5.91 Å². The van der Waals surface area contributed by atoms with E-state index in [4.69, 9.17) is 4.74 Å². The van der Waals surface area contributed by atoms with Crippen molar-refractivity contribution < 1.29 is 24.5 Å². The minimum Gasteiger partial charge on any atom is -0.466 e. The van der Waals surface area contributed by atoms with Gasteiger partial charge in [-0.1, -0.05) is 315 Å². The van der Waals surface area contributed by atoms with Gasteiger partial charge in [0.15, 0.2) is 0 Å². The smallest absolute Gasteiger partial charge is 0.305 e. The Bertz CT molecular complexity index is 1020. The Labute approximate surface area is 425 Å². The normalized spacial score (nSPS) is 12.6. The number of unbranched alkanes of at least 4 members (excludes halogenated alkanes) is 47. The number of aliphatic hydroxyl groups excluding tert-OH is 2. The molecule has 0 saturated heterocycles. The highest BCUT2D eigenvalue weighted by Crippen LogP contribution is 2.18. The minimum atomic E-state index is -0.850. The van der Waals surface area contributed by atoms with E-state index in [1.807, 2.05) is 6.08 Å². The molecule has 3 N–H and O–H groups in total. The third-order valence-corrected chi connectivity index (χ3v) is 14.6. The summed E-state index contributed by atoms with van der Waals surface area (Å²) in [5.74, 6) is -0.0682. The zero-order chi connectivity index (χ0) is 49.3. The highest BCUT2D eigenvalue weighted by Gasteiger charge is 2.18. The molecule has 0 aromatic rings. The molecule has 68 heavy (non-hydrogen) atoms. The summed E-state index contributed by atoms with van der Waals surface area (Å²) >= 11 is 0. The lowest BCUT2D eigenvalue weighted by Crippen LogP contribution is -2.45. The van der Waals surface area contributed by atoms with Crippen LogP contribution in [0.2, 0.25) is 0 Å². The first-order valence-corrected chi connectivity index (χ1v) is 31.0. The first-order chi connectivity index (χ1) is 33.5. The van der Waals surface area contributed by atoms with Crippen molar-refractivity contribution in [2.45, 2.75) is 360 Å². The maximum Gasteiger partial charge on any atom is 0.305 e. The molecule has 0 bridgehead atoms. The summed E-state index contributed by atoms with van der Waals surface area (Å²) < 4.78 is 5.49. The first-order valence-electron chi connectivity index (χ1n) is 31.0. The molecule has 0 aliphatic rings. The summed E-state index contributed by atoms with van der Waals surface area (Å²) in [7, 11) is 0. The second-order valence-electron chi connectivity index (χ2n) is 21.4. The van der Waals surface area contributed by atoms with Crippen molar-refractivity contribution in [3.8, 4) is 0 Å². The average molecular weight is 961 g/mol. The van der Waals surface area contributed by atoms with Crippen molar-refractivity contribution >= 4 is 11.9 Å². The van der Waals surface area contributed by atoms with Gasteiger partial charge in [-0.05, 0) is 32.1 Å². The van der Waals surface area contributed by atoms with E-state index in [1.54, 1.807) is 6.08 Å². The van der Waals surface area contributed by atoms with Gasteiger partial charge in [0.25, 0.3) is 0 Å². The number of hydrogen-bond donors (Lipinski definition) is 3. The van der Waals surface area contributed by atoms with Crippen molar-refractivity contribution in [2.24, 2.45) is 0 Å². The van der Waals surface area contributed by atoms with Crippen LogP contribution < -0.4 is 5.32 Å². The summed E-state index contributed by atoms with van der Waals surface area (Å²) in [5.41, 5.74) is 0. The topological polar surface area (TPSA) is 95.9 Å². The van der Waals surface area contributed by atoms with E-state index in [0.717, 1.165) is 44.9 Å². The number of aliphatic hydroxyl groups is 2. The van der Waals surface area contributed by atoms with Crippen molar-refractivity contribution in [3.05, 3.63) is 12.2 Å². The molecule has 0 aliphatic heterocycles. The Hall–Kier alpha value is -1.40. The zero-order valence-corrected chi connectivity index (χ0v) is 46.1. The lowest BCUT2D eigenvalue weighted by molar-refractivity contribution is -0.143. The second-order valence-corrected chi connectivity index (χ2v) is 21.4. The molecule has 0 heterocycles. The number of nitrogens with one attached hydrogen (secondary N) is 1. The summed E-state index contributed by atoms with van der Waals surface area (Å²) in [5, 5.41) is 23.2. The van der Waals surface area contributed by atoms with E-state index in [-0.39, 0.29) is 18.5 Å². The van der Waals surface area contributed by atoms with Crippen LogP contribution in [0.25, 0.3) is 0 Å². The number of esters is 1. The van der Waals surface area contributed by atoms with Gasteiger partial charge in [-0.15, -0.1) is 0 Å². The summed E-state index contributed by atoms with van der Waals surface area (Å²) in [4.78, 5) is 24.6. The molecular formula is C62H121NO5. The van der Waals surface area contributed by atoms with Crippen molar-refractivity contribution in [1.82, 2.24) is 5.32 Å². The molecule has 0 aromatic carbocycles. The predicted octanol–water partition coefficient (Wildman–Crippen LogP) is 19.2. The molecule has 0 saturated carbocycles. The van der Waals surface area contributed by atoms with Gasteiger partial charge in [0, 0.05) is 12.8 Å². The molecule has 404 valence electrons. The lowest BCUT2D eigenvalue weighted by Gasteiger charge is -2.20. The van der Waals surface area contributed by atoms with E-state index in [2.05, 4.69) is 19.2 Å². The van der Waals surface area contributed by atoms with Crippen LogP contribution in [0.3, 0.4) is 0 Å². The van der Waals surface area contributed by atoms with Crippen LogP contribution >= 0.6 is 0 Å². The maximum absolute atomic E-state index is 12.5. The van der Waals surface area contributed by atoms with Gasteiger partial charge in [0.1, 0.15) is 0 Å². The van der Waals surface area contributed by atoms with Crippen LogP contribution in [-0.2, 0) is 14.3 Å². The number of rotatable bonds is 58. The number of carbonyl (C=O) groups is 2. The van der Waals surface area contributed by atoms with E-state index >= 15 is 0 Å². The van der Waals surface area contributed by atoms with Crippen LogP contribution in [0.5, 0.6) is 0 Å². The van der Waals surface area contributed by atoms with Crippen LogP contribution in [0, 0.1) is 0 Å². The molecule has 6 heteroatoms. The van der Waals surface area contributed by atoms with Crippen LogP contribution in [-0.4, -0.2) is 47.4 Å². The van der Waals surface area contributed by atoms with Gasteiger partial charge >= 0.3 is 5.97 Å². The highest BCUT2D eigenvalue weighted by atomic mass is 16.5. The quantitative estimate of drug-likeness (QED) is 0.0321. The second kappa shape index (κ2) is 58.2. The largest absolute Gasteiger partial charge is 0.466 e. The monoisotopic (exact) mass is 960 g/mol. The average Bonchev–Trinajstić information content (AvgIpc) is 3.34. The minimum absolute atomic E-state index is 0.00481. The molecule has 0 radical (unpaired) electrons. The number of hydrogen-bond acceptors (Lipinski definition) is 5. The fourth-order valence-electron chi connectivity index (χ4n) is 9.81. The fraction of sp³-hybridized carbons (Fsp3) is 0.935. The fourth-order valence-corrected chi connectivity index (χ4v) is 9.81. The molecule has 0 fully saturated rings. The molecule has 1 amide bonds. The van der Waals surface area contributed by atoms with E-state index in [1.165, 1.54) is 276 Å². The molecule has 2 unspecified atom stereocenters. The van der Waals surface area contributed by atoms with Gasteiger partial charge in [-0.25, -0.2) is 0 Å². The maximum atomic E-state index is 12.5. The summed E-state index contributed by atoms with van der Waals surface area (Å²) in [6.07, 6.45) is 69.5. The number of carbonyl (C=O) groups excluding carboxylic acids is 2. The Balaban J connectivity index is 3.43. The summed E-state index contributed by atoms with van der Waals surface area (Å²) in [6, 6.07) is -0.634. The van der Waals surface area contributed by atoms with Crippen molar-refractivity contribution in [2.75, 3.05) is 13.2 Å². The zero-order valence-electron chi connectivity index (χ0n) is 46.1. The van der Waals surface area contributed by atoms with Gasteiger partial charge < -0.3 is 20.3 Å². The van der Waals surface area contributed by atoms with Gasteiger partial charge in [-0.3, -0.25) is 9.59 Å². The third-order valence-electron chi connectivity index (χ3n) is 14.6. The lowest BCUT2D eigenvalue weighted by atomic mass is 10.0. The molecule has 6 nitrogen and oxygen atoms in total. The van der Waals surface area contributed by atoms with Crippen molar-refractivity contribution in [1.29, 1.82) is 0 Å². The Morgan fingerprint density at radius 2 is 0.676 bits per heavy atom. The molecule has 0 spiro atoms. The van der Waals surface area contributed by atoms with Gasteiger partial charge in [0.05, 0.1) is 25.4 Å². The number of ether oxygens (including phenoxy) is 1. The Morgan fingerprint density at radius 1 is 0.397 bits per heavy atom. The molecule has 0 aromatic heterocycles. The van der Waals surface area contributed by atoms with Crippen LogP contribution in [0.1, 0.15) is 348 Å². The van der Waals surface area contributed by atoms with Crippen LogP contribution in [0.4, 0.5) is 0 Å². The number of allylic oxidation sites excluding steroid dienone is 1. The van der Waals surface area contributed by atoms with Crippen molar-refractivity contribution in [3.63, 3.8) is 0 Å². The van der Waals surface area contributed by atoms with E-state index in [0.29, 0.717) is 19.4 Å². The molecule has 0 rings (SSSR count). The highest BCUT2D eigenvalue weighted by molar-refractivity contribution is 5.76. The van der Waals surface area contributed by atoms with Crippen LogP contribution in [0.15, 0.2) is 12.2 Å². The Kier molecular flexibility index (Phi) is 57.0. The van der Waals surface area contributed by atoms with E-state index in [9.17, 15) is 19.8 Å². The number of amides is 1. The standard InChI is InChI=1S/C62H121NO5/c1-3-5-7-9-11-13-15-17-19-21-23-26-30-34-38-42-46-50-54-60(65)59(58-64)63-61(66)55-51-47-43-39-35-31-27-25-29-33-37-41-45-49-53-57-68-62(67)56-52-48-44-40-36-32-28-24-22-20-18-16-14-12-10-8-6-4-2/h50,54,59-60,64-65H,3-49,51-53,55-58H2,1-2H3,(H,63,66)/b54-50+. The molecule has 2 atom stereocenters. The predicted molar refractivity (Wildman–Crippen MR) is 297 cm³/mol. The molecule has 0 aliphatic carbocycles. The Morgan fingerprint density at radius 3 is 1.00 bits per heavy atom. The molecular weight excluding hydrogens is 839 g/mol. The van der Waals surface area contributed by atoms with Gasteiger partial charge in [-0.2, -0.15) is 0 Å². The third kappa shape index (κ3) is 53.9. The summed E-state index contributed by atoms with van der Waals surface area (Å²) in [6.45, 7) is 4.92. The van der Waals surface area contributed by atoms with E-state index < -0.39 is 12.1 Å².